The van der Waals surface area contributed by atoms with Crippen LogP contribution in [0.3, 0.4) is 0 Å². The molecule has 0 rings (SSSR count). The summed E-state index contributed by atoms with van der Waals surface area (Å²) in [7, 11) is 0. The Balaban J connectivity index is 3.87. The third-order valence-electron chi connectivity index (χ3n) is 2.14. The number of unbranched alkanes of at least 4 members (excludes halogenated alkanes) is 2. The first kappa shape index (κ1) is 12.0. The van der Waals surface area contributed by atoms with Crippen molar-refractivity contribution in [1.29, 1.82) is 0 Å². The fourth-order valence-electron chi connectivity index (χ4n) is 1.27. The Hall–Kier alpha value is -1.02. The number of carbonyl (C=O) groups excluding carboxylic acids is 1. The number of azide groups is 1. The van der Waals surface area contributed by atoms with E-state index in [1.54, 1.807) is 0 Å². The Kier molecular flexibility index (Phi) is 7.02. The fourth-order valence-corrected chi connectivity index (χ4v) is 1.27. The fraction of sp³-hybridized carbons (Fsp3) is 0.889. The Morgan fingerprint density at radius 3 is 2.62 bits per heavy atom. The predicted molar refractivity (Wildman–Crippen MR) is 52.1 cm³/mol. The lowest BCUT2D eigenvalue weighted by Crippen LogP contribution is -2.10. The van der Waals surface area contributed by atoms with Crippen LogP contribution in [0.15, 0.2) is 5.11 Å². The second-order valence-electron chi connectivity index (χ2n) is 3.13. The van der Waals surface area contributed by atoms with Crippen LogP contribution in [0.5, 0.6) is 0 Å². The Bertz CT molecular complexity index is 197. The number of hydrogen-bond acceptors (Lipinski definition) is 1. The van der Waals surface area contributed by atoms with Crippen molar-refractivity contribution in [3.05, 3.63) is 10.4 Å². The first-order valence-electron chi connectivity index (χ1n) is 4.85. The molecule has 74 valence electrons. The predicted octanol–water partition coefficient (Wildman–Crippen LogP) is 3.43. The lowest BCUT2D eigenvalue weighted by molar-refractivity contribution is -0.122. The van der Waals surface area contributed by atoms with E-state index in [9.17, 15) is 4.79 Å². The van der Waals surface area contributed by atoms with E-state index in [4.69, 9.17) is 5.53 Å². The van der Waals surface area contributed by atoms with E-state index in [2.05, 4.69) is 16.9 Å². The minimum atomic E-state index is -0.305. The number of amides is 1. The molecule has 0 aliphatic rings. The molecule has 0 fully saturated rings. The van der Waals surface area contributed by atoms with Crippen LogP contribution in [0.1, 0.15) is 46.0 Å². The van der Waals surface area contributed by atoms with Crippen molar-refractivity contribution in [3.63, 3.8) is 0 Å². The highest BCUT2D eigenvalue weighted by Gasteiger charge is 2.13. The normalized spacial score (nSPS) is 11.8. The van der Waals surface area contributed by atoms with Crippen molar-refractivity contribution in [2.45, 2.75) is 46.0 Å². The summed E-state index contributed by atoms with van der Waals surface area (Å²) in [6.07, 6.45) is 4.94. The number of nitrogens with zero attached hydrogens (tertiary/aromatic N) is 3. The van der Waals surface area contributed by atoms with E-state index in [0.717, 1.165) is 32.1 Å². The topological polar surface area (TPSA) is 65.8 Å². The highest BCUT2D eigenvalue weighted by Crippen LogP contribution is 2.15. The lowest BCUT2D eigenvalue weighted by atomic mass is 9.98. The van der Waals surface area contributed by atoms with Gasteiger partial charge in [0.1, 0.15) is 0 Å². The van der Waals surface area contributed by atoms with Gasteiger partial charge in [-0.1, -0.05) is 33.1 Å². The maximum Gasteiger partial charge on any atom is 0.221 e. The molecule has 0 aromatic carbocycles. The Labute approximate surface area is 79.0 Å². The van der Waals surface area contributed by atoms with Crippen LogP contribution in [0, 0.1) is 5.92 Å². The molecule has 13 heavy (non-hydrogen) atoms. The van der Waals surface area contributed by atoms with Gasteiger partial charge in [0.05, 0.1) is 0 Å². The number of rotatable bonds is 6. The Morgan fingerprint density at radius 2 is 2.15 bits per heavy atom. The van der Waals surface area contributed by atoms with Gasteiger partial charge >= 0.3 is 0 Å². The minimum absolute atomic E-state index is 0.0672. The van der Waals surface area contributed by atoms with E-state index >= 15 is 0 Å². The summed E-state index contributed by atoms with van der Waals surface area (Å²) in [6.45, 7) is 4.07. The first-order valence-corrected chi connectivity index (χ1v) is 4.85. The van der Waals surface area contributed by atoms with Gasteiger partial charge in [0, 0.05) is 10.8 Å². The third kappa shape index (κ3) is 5.26. The molecule has 0 spiro atoms. The van der Waals surface area contributed by atoms with E-state index in [0.29, 0.717) is 0 Å². The molecule has 4 nitrogen and oxygen atoms in total. The minimum Gasteiger partial charge on any atom is -0.292 e. The highest BCUT2D eigenvalue weighted by atomic mass is 16.1. The Morgan fingerprint density at radius 1 is 1.46 bits per heavy atom. The summed E-state index contributed by atoms with van der Waals surface area (Å²) in [5.74, 6) is -0.372. The van der Waals surface area contributed by atoms with Gasteiger partial charge in [-0.3, -0.25) is 4.79 Å². The monoisotopic (exact) mass is 183 g/mol. The van der Waals surface area contributed by atoms with Crippen LogP contribution in [-0.2, 0) is 4.79 Å². The highest BCUT2D eigenvalue weighted by molar-refractivity contribution is 5.79. The molecular weight excluding hydrogens is 166 g/mol. The molecule has 4 heteroatoms. The molecule has 0 heterocycles. The lowest BCUT2D eigenvalue weighted by Gasteiger charge is -2.08. The van der Waals surface area contributed by atoms with E-state index < -0.39 is 0 Å². The van der Waals surface area contributed by atoms with Crippen LogP contribution < -0.4 is 0 Å². The molecule has 0 radical (unpaired) electrons. The van der Waals surface area contributed by atoms with Crippen molar-refractivity contribution in [3.8, 4) is 0 Å². The molecule has 0 aromatic heterocycles. The first-order chi connectivity index (χ1) is 6.26. The van der Waals surface area contributed by atoms with Crippen molar-refractivity contribution >= 4 is 5.91 Å². The average molecular weight is 183 g/mol. The average Bonchev–Trinajstić information content (AvgIpc) is 2.13. The van der Waals surface area contributed by atoms with E-state index in [-0.39, 0.29) is 11.8 Å². The maximum atomic E-state index is 11.1. The van der Waals surface area contributed by atoms with Crippen LogP contribution in [-0.4, -0.2) is 5.91 Å². The van der Waals surface area contributed by atoms with Crippen LogP contribution in [0.25, 0.3) is 10.4 Å². The molecule has 0 aliphatic carbocycles. The molecule has 0 aliphatic heterocycles. The maximum absolute atomic E-state index is 11.1. The van der Waals surface area contributed by atoms with Gasteiger partial charge in [0.25, 0.3) is 0 Å². The van der Waals surface area contributed by atoms with Gasteiger partial charge in [-0.25, -0.2) is 0 Å². The zero-order chi connectivity index (χ0) is 10.1. The summed E-state index contributed by atoms with van der Waals surface area (Å²) in [6, 6.07) is 0. The van der Waals surface area contributed by atoms with E-state index in [1.165, 1.54) is 0 Å². The second kappa shape index (κ2) is 7.62. The standard InChI is InChI=1S/C9H17N3O/c1-3-5-6-7-8(4-2)9(13)11-12-10/h8H,3-7H2,1-2H3. The van der Waals surface area contributed by atoms with Gasteiger partial charge < -0.3 is 0 Å². The molecule has 0 aromatic rings. The smallest absolute Gasteiger partial charge is 0.221 e. The zero-order valence-corrected chi connectivity index (χ0v) is 8.36. The number of carbonyl (C=O) groups is 1. The molecule has 1 amide bonds. The second-order valence-corrected chi connectivity index (χ2v) is 3.13. The van der Waals surface area contributed by atoms with Gasteiger partial charge in [0.15, 0.2) is 0 Å². The van der Waals surface area contributed by atoms with Gasteiger partial charge in [0.2, 0.25) is 5.91 Å². The molecule has 0 saturated heterocycles. The van der Waals surface area contributed by atoms with Crippen molar-refractivity contribution < 1.29 is 4.79 Å². The van der Waals surface area contributed by atoms with Crippen molar-refractivity contribution in [2.75, 3.05) is 0 Å². The summed E-state index contributed by atoms with van der Waals surface area (Å²) >= 11 is 0. The van der Waals surface area contributed by atoms with E-state index in [1.807, 2.05) is 6.92 Å². The molecule has 1 unspecified atom stereocenters. The SMILES string of the molecule is CCCCCC(CC)C(=O)N=[N+]=[N-]. The summed E-state index contributed by atoms with van der Waals surface area (Å²) < 4.78 is 0. The van der Waals surface area contributed by atoms with Crippen molar-refractivity contribution in [2.24, 2.45) is 11.0 Å². The molecule has 0 saturated carbocycles. The van der Waals surface area contributed by atoms with Gasteiger partial charge in [-0.2, -0.15) is 0 Å². The zero-order valence-electron chi connectivity index (χ0n) is 8.36. The molecule has 1 atom stereocenters. The van der Waals surface area contributed by atoms with Gasteiger partial charge in [-0.15, -0.1) is 0 Å². The van der Waals surface area contributed by atoms with Crippen LogP contribution in [0.4, 0.5) is 0 Å². The molecule has 0 bridgehead atoms. The molecular formula is C9H17N3O. The summed E-state index contributed by atoms with van der Waals surface area (Å²) in [5.41, 5.74) is 8.09. The van der Waals surface area contributed by atoms with Gasteiger partial charge in [-0.05, 0) is 23.5 Å². The van der Waals surface area contributed by atoms with Crippen molar-refractivity contribution in [1.82, 2.24) is 0 Å². The number of hydrogen-bond donors (Lipinski definition) is 0. The van der Waals surface area contributed by atoms with Crippen LogP contribution >= 0.6 is 0 Å². The largest absolute Gasteiger partial charge is 0.292 e. The summed E-state index contributed by atoms with van der Waals surface area (Å²) in [4.78, 5) is 13.7. The molecule has 0 N–H and O–H groups in total. The third-order valence-corrected chi connectivity index (χ3v) is 2.14. The quantitative estimate of drug-likeness (QED) is 0.269. The summed E-state index contributed by atoms with van der Waals surface area (Å²) in [5, 5.41) is 3.12. The van der Waals surface area contributed by atoms with Crippen LogP contribution in [0.2, 0.25) is 0 Å².